The van der Waals surface area contributed by atoms with Crippen molar-refractivity contribution >= 4 is 5.91 Å². The van der Waals surface area contributed by atoms with Gasteiger partial charge in [0.15, 0.2) is 6.61 Å². The van der Waals surface area contributed by atoms with Gasteiger partial charge in [-0.2, -0.15) is 4.98 Å². The van der Waals surface area contributed by atoms with Crippen LogP contribution in [-0.2, 0) is 13.2 Å². The molecule has 0 unspecified atom stereocenters. The van der Waals surface area contributed by atoms with E-state index in [0.717, 1.165) is 11.1 Å². The molecule has 0 spiro atoms. The molecular weight excluding hydrogens is 366 g/mol. The standard InChI is InChI=1S/C23H19N3O3/c27-23(24-15-17-8-3-1-4-9-17)19-12-7-13-20(14-19)28-16-21-25-22(26-29-21)18-10-5-2-6-11-18/h1-14H,15-16H2,(H,24,27). The Hall–Kier alpha value is -3.93. The number of hydrogen-bond acceptors (Lipinski definition) is 5. The number of benzene rings is 3. The van der Waals surface area contributed by atoms with E-state index in [1.807, 2.05) is 60.7 Å². The highest BCUT2D eigenvalue weighted by Crippen LogP contribution is 2.18. The third kappa shape index (κ3) is 4.87. The van der Waals surface area contributed by atoms with Gasteiger partial charge in [-0.15, -0.1) is 0 Å². The molecule has 144 valence electrons. The zero-order valence-electron chi connectivity index (χ0n) is 15.6. The van der Waals surface area contributed by atoms with E-state index in [1.54, 1.807) is 24.3 Å². The van der Waals surface area contributed by atoms with Crippen LogP contribution in [0.25, 0.3) is 11.4 Å². The van der Waals surface area contributed by atoms with Crippen molar-refractivity contribution in [1.29, 1.82) is 0 Å². The maximum Gasteiger partial charge on any atom is 0.264 e. The molecule has 0 radical (unpaired) electrons. The number of amides is 1. The molecule has 0 fully saturated rings. The number of nitrogens with zero attached hydrogens (tertiary/aromatic N) is 2. The minimum absolute atomic E-state index is 0.120. The Kier molecular flexibility index (Phi) is 5.62. The topological polar surface area (TPSA) is 77.2 Å². The van der Waals surface area contributed by atoms with Gasteiger partial charge in [0.05, 0.1) is 0 Å². The predicted octanol–water partition coefficient (Wildman–Crippen LogP) is 4.25. The van der Waals surface area contributed by atoms with Crippen molar-refractivity contribution in [2.45, 2.75) is 13.2 Å². The van der Waals surface area contributed by atoms with Crippen LogP contribution in [-0.4, -0.2) is 16.0 Å². The molecule has 29 heavy (non-hydrogen) atoms. The number of carbonyl (C=O) groups excluding carboxylic acids is 1. The fourth-order valence-corrected chi connectivity index (χ4v) is 2.77. The lowest BCUT2D eigenvalue weighted by Crippen LogP contribution is -2.22. The van der Waals surface area contributed by atoms with Crippen LogP contribution in [0.5, 0.6) is 5.75 Å². The minimum atomic E-state index is -0.163. The Balaban J connectivity index is 1.35. The van der Waals surface area contributed by atoms with Crippen molar-refractivity contribution in [2.24, 2.45) is 0 Å². The largest absolute Gasteiger partial charge is 0.484 e. The Morgan fingerprint density at radius 2 is 1.69 bits per heavy atom. The molecule has 0 aliphatic carbocycles. The molecule has 1 amide bonds. The molecule has 6 nitrogen and oxygen atoms in total. The summed E-state index contributed by atoms with van der Waals surface area (Å²) in [5, 5.41) is 6.87. The van der Waals surface area contributed by atoms with Gasteiger partial charge in [0.25, 0.3) is 11.8 Å². The van der Waals surface area contributed by atoms with Crippen LogP contribution in [0.1, 0.15) is 21.8 Å². The van der Waals surface area contributed by atoms with Crippen molar-refractivity contribution in [3.05, 3.63) is 102 Å². The SMILES string of the molecule is O=C(NCc1ccccc1)c1cccc(OCc2nc(-c3ccccc3)no2)c1. The number of rotatable bonds is 7. The van der Waals surface area contributed by atoms with Crippen LogP contribution in [0.15, 0.2) is 89.5 Å². The normalized spacial score (nSPS) is 10.5. The first-order valence-corrected chi connectivity index (χ1v) is 9.21. The highest BCUT2D eigenvalue weighted by Gasteiger charge is 2.10. The zero-order chi connectivity index (χ0) is 19.9. The summed E-state index contributed by atoms with van der Waals surface area (Å²) < 4.78 is 11.0. The summed E-state index contributed by atoms with van der Waals surface area (Å²) in [6.45, 7) is 0.587. The fraction of sp³-hybridized carbons (Fsp3) is 0.0870. The molecule has 6 heteroatoms. The van der Waals surface area contributed by atoms with E-state index >= 15 is 0 Å². The van der Waals surface area contributed by atoms with Crippen molar-refractivity contribution < 1.29 is 14.1 Å². The summed E-state index contributed by atoms with van der Waals surface area (Å²) in [6.07, 6.45) is 0. The molecule has 0 aliphatic heterocycles. The van der Waals surface area contributed by atoms with Crippen LogP contribution in [0.2, 0.25) is 0 Å². The lowest BCUT2D eigenvalue weighted by atomic mass is 10.2. The number of nitrogens with one attached hydrogen (secondary N) is 1. The van der Waals surface area contributed by atoms with Gasteiger partial charge in [-0.05, 0) is 23.8 Å². The maximum atomic E-state index is 12.4. The van der Waals surface area contributed by atoms with Crippen molar-refractivity contribution in [3.8, 4) is 17.1 Å². The van der Waals surface area contributed by atoms with E-state index in [-0.39, 0.29) is 12.5 Å². The second-order valence-corrected chi connectivity index (χ2v) is 6.36. The summed E-state index contributed by atoms with van der Waals surface area (Å²) >= 11 is 0. The summed E-state index contributed by atoms with van der Waals surface area (Å²) in [4.78, 5) is 16.7. The van der Waals surface area contributed by atoms with Crippen molar-refractivity contribution in [3.63, 3.8) is 0 Å². The minimum Gasteiger partial charge on any atom is -0.484 e. The van der Waals surface area contributed by atoms with Gasteiger partial charge >= 0.3 is 0 Å². The van der Waals surface area contributed by atoms with Crippen LogP contribution in [0.4, 0.5) is 0 Å². The number of hydrogen-bond donors (Lipinski definition) is 1. The third-order valence-electron chi connectivity index (χ3n) is 4.25. The van der Waals surface area contributed by atoms with Crippen LogP contribution < -0.4 is 10.1 Å². The molecule has 0 saturated carbocycles. The molecule has 4 aromatic rings. The maximum absolute atomic E-state index is 12.4. The van der Waals surface area contributed by atoms with E-state index in [2.05, 4.69) is 15.5 Å². The summed E-state index contributed by atoms with van der Waals surface area (Å²) in [5.41, 5.74) is 2.44. The molecule has 1 heterocycles. The van der Waals surface area contributed by atoms with Gasteiger partial charge < -0.3 is 14.6 Å². The van der Waals surface area contributed by atoms with E-state index in [1.165, 1.54) is 0 Å². The molecule has 1 aromatic heterocycles. The van der Waals surface area contributed by atoms with Gasteiger partial charge in [0.2, 0.25) is 5.82 Å². The molecule has 0 saturated heterocycles. The molecular formula is C23H19N3O3. The number of carbonyl (C=O) groups is 1. The second-order valence-electron chi connectivity index (χ2n) is 6.36. The van der Waals surface area contributed by atoms with Gasteiger partial charge in [-0.1, -0.05) is 71.9 Å². The van der Waals surface area contributed by atoms with E-state index in [4.69, 9.17) is 9.26 Å². The Morgan fingerprint density at radius 1 is 0.931 bits per heavy atom. The lowest BCUT2D eigenvalue weighted by Gasteiger charge is -2.08. The lowest BCUT2D eigenvalue weighted by molar-refractivity contribution is 0.0950. The summed E-state index contributed by atoms with van der Waals surface area (Å²) in [5.74, 6) is 1.27. The summed E-state index contributed by atoms with van der Waals surface area (Å²) in [6, 6.07) is 26.3. The molecule has 0 bridgehead atoms. The van der Waals surface area contributed by atoms with Crippen LogP contribution >= 0.6 is 0 Å². The molecule has 3 aromatic carbocycles. The van der Waals surface area contributed by atoms with Gasteiger partial charge in [-0.3, -0.25) is 4.79 Å². The average molecular weight is 385 g/mol. The molecule has 0 aliphatic rings. The monoisotopic (exact) mass is 385 g/mol. The Labute approximate surface area is 168 Å². The first-order chi connectivity index (χ1) is 14.3. The molecule has 0 atom stereocenters. The van der Waals surface area contributed by atoms with Gasteiger partial charge in [0, 0.05) is 17.7 Å². The average Bonchev–Trinajstić information content (AvgIpc) is 3.27. The molecule has 1 N–H and O–H groups in total. The predicted molar refractivity (Wildman–Crippen MR) is 108 cm³/mol. The van der Waals surface area contributed by atoms with E-state index in [9.17, 15) is 4.79 Å². The van der Waals surface area contributed by atoms with Crippen LogP contribution in [0.3, 0.4) is 0 Å². The Bertz CT molecular complexity index is 1080. The van der Waals surface area contributed by atoms with Crippen molar-refractivity contribution in [1.82, 2.24) is 15.5 Å². The second kappa shape index (κ2) is 8.84. The highest BCUT2D eigenvalue weighted by atomic mass is 16.5. The Morgan fingerprint density at radius 3 is 2.48 bits per heavy atom. The quantitative estimate of drug-likeness (QED) is 0.515. The van der Waals surface area contributed by atoms with Gasteiger partial charge in [0.1, 0.15) is 5.75 Å². The number of ether oxygens (including phenoxy) is 1. The first-order valence-electron chi connectivity index (χ1n) is 9.21. The third-order valence-corrected chi connectivity index (χ3v) is 4.25. The van der Waals surface area contributed by atoms with E-state index < -0.39 is 0 Å². The number of aromatic nitrogens is 2. The molecule has 4 rings (SSSR count). The zero-order valence-corrected chi connectivity index (χ0v) is 15.6. The van der Waals surface area contributed by atoms with Crippen LogP contribution in [0, 0.1) is 0 Å². The van der Waals surface area contributed by atoms with Crippen molar-refractivity contribution in [2.75, 3.05) is 0 Å². The smallest absolute Gasteiger partial charge is 0.264 e. The van der Waals surface area contributed by atoms with E-state index in [0.29, 0.717) is 29.6 Å². The summed E-state index contributed by atoms with van der Waals surface area (Å²) in [7, 11) is 0. The fourth-order valence-electron chi connectivity index (χ4n) is 2.77. The first kappa shape index (κ1) is 18.4. The van der Waals surface area contributed by atoms with Gasteiger partial charge in [-0.25, -0.2) is 0 Å². The highest BCUT2D eigenvalue weighted by molar-refractivity contribution is 5.94.